The molecule has 0 aliphatic carbocycles. The average Bonchev–Trinajstić information content (AvgIpc) is 2.18. The molecule has 0 atom stereocenters. The molecule has 50 valence electrons. The Kier molecular flexibility index (Phi) is 1.93. The summed E-state index contributed by atoms with van der Waals surface area (Å²) in [5.41, 5.74) is 1.15. The van der Waals surface area contributed by atoms with Crippen LogP contribution in [0.1, 0.15) is 19.8 Å². The lowest BCUT2D eigenvalue weighted by molar-refractivity contribution is 0.264. The third-order valence-corrected chi connectivity index (χ3v) is 1.40. The Hall–Kier alpha value is -0.720. The summed E-state index contributed by atoms with van der Waals surface area (Å²) < 4.78 is 5.27. The minimum Gasteiger partial charge on any atom is -0.493 e. The van der Waals surface area contributed by atoms with Gasteiger partial charge in [-0.3, -0.25) is 0 Å². The van der Waals surface area contributed by atoms with E-state index in [0.29, 0.717) is 0 Å². The Labute approximate surface area is 56.0 Å². The van der Waals surface area contributed by atoms with Gasteiger partial charge in [0.15, 0.2) is 0 Å². The molecule has 1 aliphatic heterocycles. The summed E-state index contributed by atoms with van der Waals surface area (Å²) >= 11 is 0. The number of allylic oxidation sites excluding steroid dienone is 2. The highest BCUT2D eigenvalue weighted by molar-refractivity contribution is 5.25. The van der Waals surface area contributed by atoms with E-state index in [0.717, 1.165) is 30.8 Å². The van der Waals surface area contributed by atoms with Crippen LogP contribution in [0.15, 0.2) is 24.0 Å². The first-order valence-electron chi connectivity index (χ1n) is 3.35. The van der Waals surface area contributed by atoms with Gasteiger partial charge in [-0.25, -0.2) is 0 Å². The van der Waals surface area contributed by atoms with E-state index in [1.54, 1.807) is 0 Å². The van der Waals surface area contributed by atoms with Crippen molar-refractivity contribution in [2.75, 3.05) is 6.61 Å². The van der Waals surface area contributed by atoms with E-state index in [1.165, 1.54) is 0 Å². The molecular formula is C8H12O. The van der Waals surface area contributed by atoms with Crippen molar-refractivity contribution < 1.29 is 4.74 Å². The van der Waals surface area contributed by atoms with Crippen molar-refractivity contribution >= 4 is 0 Å². The van der Waals surface area contributed by atoms with E-state index >= 15 is 0 Å². The molecule has 1 fully saturated rings. The van der Waals surface area contributed by atoms with E-state index in [4.69, 9.17) is 4.74 Å². The zero-order valence-electron chi connectivity index (χ0n) is 5.81. The second-order valence-electron chi connectivity index (χ2n) is 2.18. The van der Waals surface area contributed by atoms with Crippen LogP contribution in [0.5, 0.6) is 0 Å². The second kappa shape index (κ2) is 2.72. The lowest BCUT2D eigenvalue weighted by Crippen LogP contribution is -1.78. The monoisotopic (exact) mass is 124 g/mol. The second-order valence-corrected chi connectivity index (χ2v) is 2.18. The van der Waals surface area contributed by atoms with Crippen LogP contribution in [0.3, 0.4) is 0 Å². The van der Waals surface area contributed by atoms with E-state index in [1.807, 2.05) is 0 Å². The molecule has 0 radical (unpaired) electrons. The molecule has 1 saturated heterocycles. The molecule has 9 heavy (non-hydrogen) atoms. The first-order valence-corrected chi connectivity index (χ1v) is 3.35. The fourth-order valence-corrected chi connectivity index (χ4v) is 0.898. The largest absolute Gasteiger partial charge is 0.493 e. The zero-order valence-corrected chi connectivity index (χ0v) is 5.81. The third-order valence-electron chi connectivity index (χ3n) is 1.40. The molecule has 0 aromatic rings. The predicted molar refractivity (Wildman–Crippen MR) is 38.1 cm³/mol. The van der Waals surface area contributed by atoms with Crippen molar-refractivity contribution in [3.63, 3.8) is 0 Å². The van der Waals surface area contributed by atoms with Crippen LogP contribution >= 0.6 is 0 Å². The maximum absolute atomic E-state index is 5.27. The summed E-state index contributed by atoms with van der Waals surface area (Å²) in [4.78, 5) is 0. The van der Waals surface area contributed by atoms with E-state index < -0.39 is 0 Å². The quantitative estimate of drug-likeness (QED) is 0.521. The van der Waals surface area contributed by atoms with Crippen LogP contribution < -0.4 is 0 Å². The highest BCUT2D eigenvalue weighted by atomic mass is 16.5. The normalized spacial score (nSPS) is 22.8. The molecule has 0 aromatic carbocycles. The van der Waals surface area contributed by atoms with Crippen LogP contribution in [0, 0.1) is 0 Å². The molecule has 0 amide bonds. The summed E-state index contributed by atoms with van der Waals surface area (Å²) in [6, 6.07) is 0. The van der Waals surface area contributed by atoms with Crippen molar-refractivity contribution in [2.24, 2.45) is 0 Å². The molecule has 1 nitrogen and oxygen atoms in total. The van der Waals surface area contributed by atoms with Crippen LogP contribution in [0.4, 0.5) is 0 Å². The highest BCUT2D eigenvalue weighted by Gasteiger charge is 2.10. The molecule has 0 unspecified atom stereocenters. The smallest absolute Gasteiger partial charge is 0.118 e. The summed E-state index contributed by atoms with van der Waals surface area (Å²) in [5, 5.41) is 0. The molecule has 0 bridgehead atoms. The van der Waals surface area contributed by atoms with Gasteiger partial charge in [-0.2, -0.15) is 0 Å². The van der Waals surface area contributed by atoms with E-state index in [2.05, 4.69) is 19.6 Å². The molecule has 1 aliphatic rings. The lowest BCUT2D eigenvalue weighted by Gasteiger charge is -1.95. The average molecular weight is 124 g/mol. The molecule has 0 N–H and O–H groups in total. The first kappa shape index (κ1) is 6.40. The highest BCUT2D eigenvalue weighted by Crippen LogP contribution is 2.21. The van der Waals surface area contributed by atoms with Crippen LogP contribution in [-0.2, 0) is 4.74 Å². The van der Waals surface area contributed by atoms with Crippen molar-refractivity contribution in [3.8, 4) is 0 Å². The maximum atomic E-state index is 5.27. The third kappa shape index (κ3) is 1.35. The van der Waals surface area contributed by atoms with Gasteiger partial charge in [-0.05, 0) is 18.1 Å². The van der Waals surface area contributed by atoms with Gasteiger partial charge < -0.3 is 4.74 Å². The summed E-state index contributed by atoms with van der Waals surface area (Å²) in [6.07, 6.45) is 4.12. The molecule has 0 saturated carbocycles. The lowest BCUT2D eigenvalue weighted by atomic mass is 10.2. The topological polar surface area (TPSA) is 9.23 Å². The van der Waals surface area contributed by atoms with Crippen molar-refractivity contribution in [1.82, 2.24) is 0 Å². The van der Waals surface area contributed by atoms with E-state index in [9.17, 15) is 0 Å². The van der Waals surface area contributed by atoms with Crippen LogP contribution in [0.2, 0.25) is 0 Å². The van der Waals surface area contributed by atoms with Crippen molar-refractivity contribution in [2.45, 2.75) is 19.8 Å². The molecule has 1 heterocycles. The standard InChI is InChI=1S/C8H12O/c1-3-4-8-7(2)5-6-9-8/h4H,2-3,5-6H2,1H3. The minimum absolute atomic E-state index is 0.824. The Morgan fingerprint density at radius 1 is 1.78 bits per heavy atom. The Morgan fingerprint density at radius 3 is 3.00 bits per heavy atom. The van der Waals surface area contributed by atoms with Gasteiger partial charge in [-0.15, -0.1) is 0 Å². The van der Waals surface area contributed by atoms with Gasteiger partial charge in [0.05, 0.1) is 6.61 Å². The van der Waals surface area contributed by atoms with Gasteiger partial charge >= 0.3 is 0 Å². The summed E-state index contributed by atoms with van der Waals surface area (Å²) in [5.74, 6) is 1.01. The van der Waals surface area contributed by atoms with Crippen LogP contribution in [0.25, 0.3) is 0 Å². The number of hydrogen-bond acceptors (Lipinski definition) is 1. The predicted octanol–water partition coefficient (Wildman–Crippen LogP) is 2.26. The van der Waals surface area contributed by atoms with Crippen molar-refractivity contribution in [1.29, 1.82) is 0 Å². The molecule has 0 spiro atoms. The molecule has 1 heteroatoms. The van der Waals surface area contributed by atoms with Gasteiger partial charge in [0, 0.05) is 6.42 Å². The van der Waals surface area contributed by atoms with Gasteiger partial charge in [-0.1, -0.05) is 13.5 Å². The van der Waals surface area contributed by atoms with Gasteiger partial charge in [0.1, 0.15) is 5.76 Å². The Balaban J connectivity index is 2.59. The van der Waals surface area contributed by atoms with Gasteiger partial charge in [0.2, 0.25) is 0 Å². The summed E-state index contributed by atoms with van der Waals surface area (Å²) in [7, 11) is 0. The first-order chi connectivity index (χ1) is 4.34. The zero-order chi connectivity index (χ0) is 6.69. The Bertz CT molecular complexity index is 145. The van der Waals surface area contributed by atoms with E-state index in [-0.39, 0.29) is 0 Å². The molecule has 1 rings (SSSR count). The number of rotatable bonds is 1. The maximum Gasteiger partial charge on any atom is 0.118 e. The van der Waals surface area contributed by atoms with Gasteiger partial charge in [0.25, 0.3) is 0 Å². The minimum atomic E-state index is 0.824. The molecule has 0 aromatic heterocycles. The summed E-state index contributed by atoms with van der Waals surface area (Å²) in [6.45, 7) is 6.78. The number of hydrogen-bond donors (Lipinski definition) is 0. The SMILES string of the molecule is C=C1CCOC1=CCC. The van der Waals surface area contributed by atoms with Crippen LogP contribution in [-0.4, -0.2) is 6.61 Å². The fourth-order valence-electron chi connectivity index (χ4n) is 0.898. The Morgan fingerprint density at radius 2 is 2.56 bits per heavy atom. The molecular weight excluding hydrogens is 112 g/mol. The van der Waals surface area contributed by atoms with Crippen molar-refractivity contribution in [3.05, 3.63) is 24.0 Å². The number of ether oxygens (including phenoxy) is 1. The fraction of sp³-hybridized carbons (Fsp3) is 0.500.